The van der Waals surface area contributed by atoms with Gasteiger partial charge < -0.3 is 10.1 Å². The summed E-state index contributed by atoms with van der Waals surface area (Å²) >= 11 is 1.88. The van der Waals surface area contributed by atoms with Gasteiger partial charge >= 0.3 is 0 Å². The first-order valence-electron chi connectivity index (χ1n) is 7.12. The number of fused-ring (bicyclic) bond motifs is 1. The molecule has 1 saturated heterocycles. The topological polar surface area (TPSA) is 38.3 Å². The summed E-state index contributed by atoms with van der Waals surface area (Å²) in [5, 5.41) is 5.25. The van der Waals surface area contributed by atoms with Crippen LogP contribution in [0.15, 0.2) is 42.5 Å². The molecule has 1 unspecified atom stereocenters. The molecule has 110 valence electrons. The van der Waals surface area contributed by atoms with Gasteiger partial charge in [0.25, 0.3) is 5.91 Å². The van der Waals surface area contributed by atoms with Gasteiger partial charge in [0.1, 0.15) is 0 Å². The third-order valence-electron chi connectivity index (χ3n) is 4.08. The van der Waals surface area contributed by atoms with Crippen LogP contribution in [0.5, 0.6) is 0 Å². The number of thioether (sulfide) groups is 1. The zero-order valence-corrected chi connectivity index (χ0v) is 12.9. The Morgan fingerprint density at radius 1 is 1.29 bits per heavy atom. The van der Waals surface area contributed by atoms with Crippen molar-refractivity contribution in [2.24, 2.45) is 0 Å². The highest BCUT2D eigenvalue weighted by Gasteiger charge is 2.34. The second kappa shape index (κ2) is 6.08. The lowest BCUT2D eigenvalue weighted by Crippen LogP contribution is -2.44. The van der Waals surface area contributed by atoms with E-state index >= 15 is 0 Å². The molecule has 1 aliphatic heterocycles. The standard InChI is InChI=1S/C17H19NO2S/c1-20-17(8-9-21-12-17)11-18-16(19)15-7-6-13-4-2-3-5-14(13)10-15/h2-7,10H,8-9,11-12H2,1H3,(H,18,19). The van der Waals surface area contributed by atoms with Gasteiger partial charge in [-0.05, 0) is 35.1 Å². The van der Waals surface area contributed by atoms with Crippen LogP contribution in [0, 0.1) is 0 Å². The van der Waals surface area contributed by atoms with Gasteiger partial charge in [0.2, 0.25) is 0 Å². The molecule has 1 N–H and O–H groups in total. The fraction of sp³-hybridized carbons (Fsp3) is 0.353. The van der Waals surface area contributed by atoms with E-state index < -0.39 is 0 Å². The van der Waals surface area contributed by atoms with Crippen LogP contribution < -0.4 is 5.32 Å². The van der Waals surface area contributed by atoms with Crippen molar-refractivity contribution in [3.05, 3.63) is 48.0 Å². The van der Waals surface area contributed by atoms with Crippen LogP contribution >= 0.6 is 11.8 Å². The predicted molar refractivity (Wildman–Crippen MR) is 88.0 cm³/mol. The molecule has 0 aromatic heterocycles. The third-order valence-corrected chi connectivity index (χ3v) is 5.31. The zero-order chi connectivity index (χ0) is 14.7. The Morgan fingerprint density at radius 2 is 2.10 bits per heavy atom. The summed E-state index contributed by atoms with van der Waals surface area (Å²) in [6, 6.07) is 13.9. The van der Waals surface area contributed by atoms with Crippen molar-refractivity contribution in [1.29, 1.82) is 0 Å². The molecule has 0 aliphatic carbocycles. The molecule has 1 amide bonds. The fourth-order valence-corrected chi connectivity index (χ4v) is 4.03. The maximum atomic E-state index is 12.3. The van der Waals surface area contributed by atoms with Gasteiger partial charge in [-0.1, -0.05) is 30.3 Å². The monoisotopic (exact) mass is 301 g/mol. The van der Waals surface area contributed by atoms with E-state index in [9.17, 15) is 4.79 Å². The van der Waals surface area contributed by atoms with E-state index in [4.69, 9.17) is 4.74 Å². The van der Waals surface area contributed by atoms with Crippen molar-refractivity contribution in [2.45, 2.75) is 12.0 Å². The molecule has 0 saturated carbocycles. The number of hydrogen-bond donors (Lipinski definition) is 1. The summed E-state index contributed by atoms with van der Waals surface area (Å²) in [4.78, 5) is 12.3. The van der Waals surface area contributed by atoms with Gasteiger partial charge in [-0.2, -0.15) is 11.8 Å². The molecule has 0 radical (unpaired) electrons. The van der Waals surface area contributed by atoms with Gasteiger partial charge in [0, 0.05) is 25.0 Å². The van der Waals surface area contributed by atoms with Crippen molar-refractivity contribution in [3.8, 4) is 0 Å². The van der Waals surface area contributed by atoms with E-state index in [1.807, 2.05) is 54.2 Å². The molecule has 1 fully saturated rings. The van der Waals surface area contributed by atoms with Gasteiger partial charge in [-0.25, -0.2) is 0 Å². The number of carbonyl (C=O) groups is 1. The van der Waals surface area contributed by atoms with Crippen LogP contribution in [0.4, 0.5) is 0 Å². The number of nitrogens with one attached hydrogen (secondary N) is 1. The van der Waals surface area contributed by atoms with E-state index in [-0.39, 0.29) is 11.5 Å². The molecule has 2 aromatic carbocycles. The molecule has 3 rings (SSSR count). The first kappa shape index (κ1) is 14.4. The third kappa shape index (κ3) is 3.06. The summed E-state index contributed by atoms with van der Waals surface area (Å²) in [6.45, 7) is 0.572. The zero-order valence-electron chi connectivity index (χ0n) is 12.1. The van der Waals surface area contributed by atoms with Crippen LogP contribution in [0.3, 0.4) is 0 Å². The van der Waals surface area contributed by atoms with Crippen LogP contribution in [0.2, 0.25) is 0 Å². The minimum absolute atomic E-state index is 0.0333. The summed E-state index contributed by atoms with van der Waals surface area (Å²) in [5.74, 6) is 2.01. The second-order valence-electron chi connectivity index (χ2n) is 5.43. The van der Waals surface area contributed by atoms with Gasteiger partial charge in [0.15, 0.2) is 0 Å². The first-order chi connectivity index (χ1) is 10.2. The molecule has 1 aliphatic rings. The van der Waals surface area contributed by atoms with Crippen molar-refractivity contribution < 1.29 is 9.53 Å². The van der Waals surface area contributed by atoms with Crippen molar-refractivity contribution in [3.63, 3.8) is 0 Å². The largest absolute Gasteiger partial charge is 0.376 e. The lowest BCUT2D eigenvalue weighted by atomic mass is 10.0. The van der Waals surface area contributed by atoms with Crippen molar-refractivity contribution in [2.75, 3.05) is 25.2 Å². The van der Waals surface area contributed by atoms with Crippen LogP contribution in [-0.4, -0.2) is 36.7 Å². The number of hydrogen-bond acceptors (Lipinski definition) is 3. The Kier molecular flexibility index (Phi) is 4.17. The predicted octanol–water partition coefficient (Wildman–Crippen LogP) is 3.09. The van der Waals surface area contributed by atoms with E-state index in [2.05, 4.69) is 5.32 Å². The normalized spacial score (nSPS) is 21.6. The second-order valence-corrected chi connectivity index (χ2v) is 6.54. The molecular formula is C17H19NO2S. The summed E-state index contributed by atoms with van der Waals surface area (Å²) in [5.41, 5.74) is 0.502. The van der Waals surface area contributed by atoms with Crippen LogP contribution in [0.1, 0.15) is 16.8 Å². The Morgan fingerprint density at radius 3 is 2.81 bits per heavy atom. The summed E-state index contributed by atoms with van der Waals surface area (Å²) in [7, 11) is 1.73. The smallest absolute Gasteiger partial charge is 0.251 e. The van der Waals surface area contributed by atoms with Crippen LogP contribution in [-0.2, 0) is 4.74 Å². The Hall–Kier alpha value is -1.52. The average molecular weight is 301 g/mol. The lowest BCUT2D eigenvalue weighted by molar-refractivity contribution is 0.0137. The number of rotatable bonds is 4. The SMILES string of the molecule is COC1(CNC(=O)c2ccc3ccccc3c2)CCSC1. The van der Waals surface area contributed by atoms with Crippen LogP contribution in [0.25, 0.3) is 10.8 Å². The van der Waals surface area contributed by atoms with E-state index in [1.165, 1.54) is 0 Å². The Labute approximate surface area is 129 Å². The maximum absolute atomic E-state index is 12.3. The Bertz CT molecular complexity index is 650. The van der Waals surface area contributed by atoms with Gasteiger partial charge in [-0.15, -0.1) is 0 Å². The highest BCUT2D eigenvalue weighted by atomic mass is 32.2. The van der Waals surface area contributed by atoms with Gasteiger partial charge in [0.05, 0.1) is 5.60 Å². The molecule has 0 bridgehead atoms. The van der Waals surface area contributed by atoms with E-state index in [0.29, 0.717) is 12.1 Å². The first-order valence-corrected chi connectivity index (χ1v) is 8.28. The number of methoxy groups -OCH3 is 1. The number of amides is 1. The molecule has 1 heterocycles. The minimum atomic E-state index is -0.197. The molecule has 21 heavy (non-hydrogen) atoms. The number of benzene rings is 2. The fourth-order valence-electron chi connectivity index (χ4n) is 2.64. The molecular weight excluding hydrogens is 282 g/mol. The molecule has 3 nitrogen and oxygen atoms in total. The number of ether oxygens (including phenoxy) is 1. The highest BCUT2D eigenvalue weighted by molar-refractivity contribution is 7.99. The summed E-state index contributed by atoms with van der Waals surface area (Å²) < 4.78 is 5.62. The Balaban J connectivity index is 1.71. The molecule has 1 atom stereocenters. The average Bonchev–Trinajstić information content (AvgIpc) is 3.01. The van der Waals surface area contributed by atoms with Gasteiger partial charge in [-0.3, -0.25) is 4.79 Å². The molecule has 0 spiro atoms. The van der Waals surface area contributed by atoms with Crippen molar-refractivity contribution >= 4 is 28.4 Å². The highest BCUT2D eigenvalue weighted by Crippen LogP contribution is 2.30. The minimum Gasteiger partial charge on any atom is -0.376 e. The van der Waals surface area contributed by atoms with E-state index in [0.717, 1.165) is 28.7 Å². The lowest BCUT2D eigenvalue weighted by Gasteiger charge is -2.26. The maximum Gasteiger partial charge on any atom is 0.251 e. The molecule has 2 aromatic rings. The number of carbonyl (C=O) groups excluding carboxylic acids is 1. The van der Waals surface area contributed by atoms with E-state index in [1.54, 1.807) is 7.11 Å². The quantitative estimate of drug-likeness (QED) is 0.943. The summed E-state index contributed by atoms with van der Waals surface area (Å²) in [6.07, 6.45) is 0.992. The van der Waals surface area contributed by atoms with Crippen molar-refractivity contribution in [1.82, 2.24) is 5.32 Å². The molecule has 4 heteroatoms.